The number of carboxylic acid groups (broad SMARTS) is 2. The van der Waals surface area contributed by atoms with Crippen molar-refractivity contribution in [2.24, 2.45) is 0 Å². The van der Waals surface area contributed by atoms with Crippen LogP contribution in [0.3, 0.4) is 0 Å². The van der Waals surface area contributed by atoms with Crippen LogP contribution in [-0.4, -0.2) is 221 Å². The summed E-state index contributed by atoms with van der Waals surface area (Å²) in [5.41, 5.74) is 12.7. The smallest absolute Gasteiger partial charge is 0.373 e. The highest BCUT2D eigenvalue weighted by Crippen LogP contribution is 2.41. The molecule has 7 N–H and O–H groups in total. The van der Waals surface area contributed by atoms with Crippen molar-refractivity contribution >= 4 is 82.4 Å². The molecule has 9 aromatic rings. The van der Waals surface area contributed by atoms with Crippen molar-refractivity contribution in [1.29, 1.82) is 0 Å². The Balaban J connectivity index is 0.00000180. The fraction of sp³-hybridized carbons (Fsp3) is 0.361. The zero-order valence-electron chi connectivity index (χ0n) is 81.9. The molecule has 0 bridgehead atoms. The number of hydrogen-bond donors (Lipinski definition) is 5. The number of benzene rings is 9. The van der Waals surface area contributed by atoms with Crippen LogP contribution >= 0.6 is 0 Å². The number of nitrogens with two attached hydrogens (primary N) is 2. The molecule has 0 amide bonds. The van der Waals surface area contributed by atoms with Crippen LogP contribution in [0.1, 0.15) is 147 Å². The van der Waals surface area contributed by atoms with Gasteiger partial charge in [0.05, 0.1) is 205 Å². The summed E-state index contributed by atoms with van der Waals surface area (Å²) in [7, 11) is 17.0. The molecule has 50 nitrogen and oxygen atoms in total. The van der Waals surface area contributed by atoms with Gasteiger partial charge in [0.1, 0.15) is 11.1 Å². The third-order valence-corrected chi connectivity index (χ3v) is 19.1. The summed E-state index contributed by atoms with van der Waals surface area (Å²) in [6, 6.07) is 34.6. The molecule has 0 aromatic heterocycles. The van der Waals surface area contributed by atoms with Crippen LogP contribution in [0.15, 0.2) is 140 Å². The van der Waals surface area contributed by atoms with E-state index in [1.54, 1.807) is 70.7 Å². The monoisotopic (exact) mass is 2070 g/mol. The van der Waals surface area contributed by atoms with E-state index in [4.69, 9.17) is 146 Å². The third kappa shape index (κ3) is 45.4. The van der Waals surface area contributed by atoms with Gasteiger partial charge in [-0.1, -0.05) is 13.5 Å². The van der Waals surface area contributed by atoms with Crippen molar-refractivity contribution in [2.45, 2.75) is 98.3 Å². The van der Waals surface area contributed by atoms with E-state index in [9.17, 15) is 69.5 Å². The van der Waals surface area contributed by atoms with Crippen LogP contribution in [0.25, 0.3) is 0 Å². The molecule has 9 rings (SSSR count). The first-order chi connectivity index (χ1) is 70.0. The van der Waals surface area contributed by atoms with Gasteiger partial charge in [-0.15, -0.1) is 0 Å². The van der Waals surface area contributed by atoms with E-state index < -0.39 is 66.5 Å². The summed E-state index contributed by atoms with van der Waals surface area (Å²) in [5, 5.41) is 71.9. The Morgan fingerprint density at radius 3 is 0.946 bits per heavy atom. The number of nitrogen functional groups attached to an aromatic ring is 2. The lowest BCUT2D eigenvalue weighted by atomic mass is 10.1. The summed E-state index contributed by atoms with van der Waals surface area (Å²) < 4.78 is 106. The number of aryl methyl sites for hydroxylation is 2. The highest BCUT2D eigenvalue weighted by Gasteiger charge is 2.28. The Bertz CT molecular complexity index is 5770. The molecule has 0 heterocycles. The van der Waals surface area contributed by atoms with Crippen LogP contribution in [0.5, 0.6) is 103 Å². The Morgan fingerprint density at radius 2 is 0.585 bits per heavy atom. The average Bonchev–Trinajstić information content (AvgIpc) is 0.805. The van der Waals surface area contributed by atoms with Crippen molar-refractivity contribution in [3.63, 3.8) is 0 Å². The van der Waals surface area contributed by atoms with Gasteiger partial charge in [-0.3, -0.25) is 40.5 Å². The number of unbranched alkanes of at least 4 members (excludes halogenated alkanes) is 8. The van der Waals surface area contributed by atoms with Gasteiger partial charge in [-0.05, 0) is 169 Å². The molecule has 0 fully saturated rings. The summed E-state index contributed by atoms with van der Waals surface area (Å²) in [5.74, 6) is 2.45. The molecule has 0 spiro atoms. The largest absolute Gasteiger partial charge is 0.504 e. The standard InChI is InChI=1S/C22H26N2O10.C22H28O6.C20H22N2O10.C20H26N2O6.C9H10O4.3CO2.CH4.O2/c1-14-10-18(30-2)20(12-16(14)23(26)27)33-8-6-5-7-9-34-21-13-17(24(28)29)15(22(25)32-4)11-19(21)31-3;1-16-8-10-18(20(14-16)24-2)27-12-6-5-7-13-28-19-11-9-17(22(23)26-4)15-21(19)25-3;1-29-16-7-6-13(21(25)26)10-18(16)31-8-4-3-5-9-32-19-12-15(22(27)28)14(20(23)24)11-17(19)30-2;1-25-16-7-6-13(21)10-18(16)27-8-4-3-5-9-28-19-12-15(22)14(20(23)24)11-17(19)26-2;1-12-8-5-6(9(11)13-2)3-4-7(8)10;3*2-1-3;;1-2/h10-13H,5-9H2,1-4H3;8-11,14-15H,5-7,12-13H2,1-4H3;6-7,10-12H,3-5,8-9H2,1-2H3,(H,23,24);6-7,10-12H,3-5,8-9,21-22H2,1-2H3,(H,23,24);3-5,10H,1-2H3;;;;1H4;. The lowest BCUT2D eigenvalue weighted by Gasteiger charge is -2.13. The van der Waals surface area contributed by atoms with Crippen molar-refractivity contribution in [2.75, 3.05) is 150 Å². The van der Waals surface area contributed by atoms with E-state index >= 15 is 0 Å². The molecule has 0 saturated heterocycles. The number of hydrogen-bond acceptors (Lipinski definition) is 44. The lowest BCUT2D eigenvalue weighted by Crippen LogP contribution is -2.08. The van der Waals surface area contributed by atoms with Crippen molar-refractivity contribution in [3.8, 4) is 103 Å². The van der Waals surface area contributed by atoms with Gasteiger partial charge in [0, 0.05) is 57.6 Å². The normalized spacial score (nSPS) is 9.59. The number of phenols is 1. The minimum absolute atomic E-state index is 0. The first-order valence-electron chi connectivity index (χ1n) is 42.9. The summed E-state index contributed by atoms with van der Waals surface area (Å²) >= 11 is 0. The van der Waals surface area contributed by atoms with Crippen LogP contribution in [-0.2, 0) is 43.0 Å². The molecule has 147 heavy (non-hydrogen) atoms. The highest BCUT2D eigenvalue weighted by molar-refractivity contribution is 5.96. The Hall–Kier alpha value is -18.3. The van der Waals surface area contributed by atoms with E-state index in [1.807, 2.05) is 25.1 Å². The van der Waals surface area contributed by atoms with Crippen LogP contribution in [0, 0.1) is 64.2 Å². The quantitative estimate of drug-likeness (QED) is 0.00590. The number of anilines is 2. The molecule has 9 aromatic carbocycles. The van der Waals surface area contributed by atoms with E-state index in [1.165, 1.54) is 118 Å². The van der Waals surface area contributed by atoms with Gasteiger partial charge in [0.2, 0.25) is 0 Å². The number of rotatable bonds is 50. The molecule has 0 aliphatic carbocycles. The molecular weight excluding hydrogens is 1950 g/mol. The zero-order chi connectivity index (χ0) is 110. The van der Waals surface area contributed by atoms with E-state index in [0.717, 1.165) is 80.9 Å². The number of methoxy groups -OCH3 is 12. The molecule has 0 radical (unpaired) electrons. The number of nitro benzene ring substituents is 4. The van der Waals surface area contributed by atoms with Gasteiger partial charge in [0.15, 0.2) is 103 Å². The maximum Gasteiger partial charge on any atom is 0.373 e. The topological polar surface area (TPSA) is 692 Å². The summed E-state index contributed by atoms with van der Waals surface area (Å²) in [6.45, 7) is 6.84. The Kier molecular flexibility index (Phi) is 63.8. The molecule has 798 valence electrons. The number of nitrogens with zero attached hydrogens (tertiary/aromatic N) is 4. The molecule has 0 aliphatic heterocycles. The molecule has 0 saturated carbocycles. The lowest BCUT2D eigenvalue weighted by molar-refractivity contribution is -0.385. The first-order valence-corrected chi connectivity index (χ1v) is 42.9. The first kappa shape index (κ1) is 129. The van der Waals surface area contributed by atoms with Gasteiger partial charge in [-0.2, -0.15) is 28.8 Å². The number of nitro groups is 4. The van der Waals surface area contributed by atoms with Crippen molar-refractivity contribution in [3.05, 3.63) is 229 Å². The average molecular weight is 2070 g/mol. The molecule has 0 aliphatic rings. The molecule has 0 atom stereocenters. The van der Waals surface area contributed by atoms with Gasteiger partial charge >= 0.3 is 48.3 Å². The molecule has 50 heteroatoms. The zero-order valence-corrected chi connectivity index (χ0v) is 81.9. The Labute approximate surface area is 841 Å². The van der Waals surface area contributed by atoms with Crippen LogP contribution in [0.4, 0.5) is 34.1 Å². The molecular formula is C97H116N6O44. The SMILES string of the molecule is C.COC(=O)c1cc(OC)c(OCCCCCOc2cc([N+](=O)[O-])c(C)cc2OC)cc1[N+](=O)[O-].COC(=O)c1ccc(O)c(OC)c1.COC(=O)c1ccc(OCCCCCOc2ccc(C)cc2OC)c(OC)c1.COc1ccc(N)cc1OCCCCCOc1cc(N)c(C(=O)O)cc1OC.COc1ccc([N+](=O)[O-])cc1OCCCCCOc1cc([N+](=O)[O-])c(C(=O)O)cc1OC.O=C=O.O=C=O.O=C=O.O=O. The predicted molar refractivity (Wildman–Crippen MR) is 519 cm³/mol. The number of aromatic carboxylic acids is 2. The van der Waals surface area contributed by atoms with Gasteiger partial charge in [-0.25, -0.2) is 24.0 Å². The number of ether oxygens (including phenoxy) is 20. The number of carbonyl (C=O) groups is 5. The van der Waals surface area contributed by atoms with Crippen molar-refractivity contribution in [1.82, 2.24) is 0 Å². The number of aromatic hydroxyl groups is 1. The van der Waals surface area contributed by atoms with Crippen molar-refractivity contribution < 1.29 is 182 Å². The maximum atomic E-state index is 11.8. The number of carboxylic acids is 2. The second kappa shape index (κ2) is 72.9. The number of phenolic OH excluding ortho intramolecular Hbond substituents is 1. The van der Waals surface area contributed by atoms with E-state index in [2.05, 4.69) is 9.47 Å². The fourth-order valence-corrected chi connectivity index (χ4v) is 12.1. The van der Waals surface area contributed by atoms with E-state index in [-0.39, 0.29) is 108 Å². The summed E-state index contributed by atoms with van der Waals surface area (Å²) in [4.78, 5) is 161. The third-order valence-electron chi connectivity index (χ3n) is 19.1. The minimum atomic E-state index is -1.44. The number of esters is 3. The summed E-state index contributed by atoms with van der Waals surface area (Å²) in [6.07, 6.45) is 9.82. The van der Waals surface area contributed by atoms with E-state index in [0.29, 0.717) is 152 Å². The predicted octanol–water partition coefficient (Wildman–Crippen LogP) is 15.9. The van der Waals surface area contributed by atoms with Crippen LogP contribution < -0.4 is 92.0 Å². The number of carbonyl (C=O) groups excluding carboxylic acids is 9. The van der Waals surface area contributed by atoms with Gasteiger partial charge in [0.25, 0.3) is 22.7 Å². The molecule has 0 unspecified atom stereocenters. The minimum Gasteiger partial charge on any atom is -0.504 e. The second-order valence-electron chi connectivity index (χ2n) is 28.5. The maximum absolute atomic E-state index is 11.8. The highest BCUT2D eigenvalue weighted by atomic mass is 16.7. The number of non-ortho nitro benzene ring substituents is 1. The Morgan fingerprint density at radius 1 is 0.299 bits per heavy atom. The second-order valence-corrected chi connectivity index (χ2v) is 28.5. The van der Waals surface area contributed by atoms with Crippen LogP contribution in [0.2, 0.25) is 0 Å². The fourth-order valence-electron chi connectivity index (χ4n) is 12.1. The van der Waals surface area contributed by atoms with Gasteiger partial charge < -0.3 is 122 Å².